The van der Waals surface area contributed by atoms with Crippen LogP contribution in [0.5, 0.6) is 0 Å². The number of rotatable bonds is 4. The fourth-order valence-corrected chi connectivity index (χ4v) is 3.87. The Morgan fingerprint density at radius 3 is 2.57 bits per heavy atom. The number of anilines is 2. The molecule has 3 aliphatic rings. The number of hydrogen-bond acceptors (Lipinski definition) is 6. The van der Waals surface area contributed by atoms with Crippen molar-refractivity contribution in [3.8, 4) is 11.4 Å². The fourth-order valence-electron chi connectivity index (χ4n) is 3.87. The van der Waals surface area contributed by atoms with Crippen LogP contribution in [0, 0.1) is 0 Å². The molecule has 1 aromatic carbocycles. The zero-order chi connectivity index (χ0) is 20.7. The number of carbonyl (C=O) groups is 1. The highest BCUT2D eigenvalue weighted by Crippen LogP contribution is 2.40. The summed E-state index contributed by atoms with van der Waals surface area (Å²) in [7, 11) is 0. The maximum absolute atomic E-state index is 12.0. The van der Waals surface area contributed by atoms with Crippen LogP contribution in [0.15, 0.2) is 24.3 Å². The van der Waals surface area contributed by atoms with Gasteiger partial charge in [-0.25, -0.2) is 14.8 Å². The summed E-state index contributed by atoms with van der Waals surface area (Å²) in [5, 5.41) is 5.80. The van der Waals surface area contributed by atoms with E-state index in [-0.39, 0.29) is 6.03 Å². The Kier molecular flexibility index (Phi) is 4.83. The molecule has 30 heavy (non-hydrogen) atoms. The number of amides is 2. The van der Waals surface area contributed by atoms with Gasteiger partial charge in [-0.1, -0.05) is 0 Å². The Balaban J connectivity index is 1.44. The SMILES string of the molecule is CC1(C)OCc2c(N3CCOCC3)nc(-c3ccc(NC(=O)NC4CC4)cc3)nc21. The Bertz CT molecular complexity index is 950. The molecule has 0 bridgehead atoms. The van der Waals surface area contributed by atoms with Gasteiger partial charge in [0.2, 0.25) is 0 Å². The minimum atomic E-state index is -0.448. The number of carbonyl (C=O) groups excluding carboxylic acids is 1. The predicted molar refractivity (Wildman–Crippen MR) is 113 cm³/mol. The number of hydrogen-bond donors (Lipinski definition) is 2. The number of aromatic nitrogens is 2. The highest BCUT2D eigenvalue weighted by Gasteiger charge is 2.37. The average molecular weight is 409 g/mol. The zero-order valence-corrected chi connectivity index (χ0v) is 17.4. The van der Waals surface area contributed by atoms with Crippen LogP contribution in [0.3, 0.4) is 0 Å². The first kappa shape index (κ1) is 19.3. The minimum Gasteiger partial charge on any atom is -0.378 e. The summed E-state index contributed by atoms with van der Waals surface area (Å²) in [4.78, 5) is 24.0. The van der Waals surface area contributed by atoms with Gasteiger partial charge in [-0.3, -0.25) is 0 Å². The van der Waals surface area contributed by atoms with Gasteiger partial charge in [0, 0.05) is 35.9 Å². The molecule has 1 saturated heterocycles. The van der Waals surface area contributed by atoms with E-state index in [1.54, 1.807) is 0 Å². The molecule has 0 spiro atoms. The van der Waals surface area contributed by atoms with Crippen LogP contribution in [-0.2, 0) is 21.7 Å². The van der Waals surface area contributed by atoms with E-state index in [0.717, 1.165) is 54.3 Å². The molecule has 5 rings (SSSR count). The monoisotopic (exact) mass is 409 g/mol. The second kappa shape index (κ2) is 7.52. The van der Waals surface area contributed by atoms with E-state index >= 15 is 0 Å². The van der Waals surface area contributed by atoms with Crippen LogP contribution < -0.4 is 15.5 Å². The molecule has 2 aromatic rings. The molecule has 1 aromatic heterocycles. The molecule has 1 saturated carbocycles. The summed E-state index contributed by atoms with van der Waals surface area (Å²) >= 11 is 0. The summed E-state index contributed by atoms with van der Waals surface area (Å²) < 4.78 is 11.5. The van der Waals surface area contributed by atoms with Crippen LogP contribution in [-0.4, -0.2) is 48.3 Å². The summed E-state index contributed by atoms with van der Waals surface area (Å²) in [6.45, 7) is 7.62. The molecule has 3 heterocycles. The third kappa shape index (κ3) is 3.85. The van der Waals surface area contributed by atoms with E-state index in [9.17, 15) is 4.79 Å². The first-order chi connectivity index (χ1) is 14.5. The topological polar surface area (TPSA) is 88.6 Å². The van der Waals surface area contributed by atoms with Crippen LogP contribution >= 0.6 is 0 Å². The lowest BCUT2D eigenvalue weighted by Gasteiger charge is -2.29. The van der Waals surface area contributed by atoms with Crippen LogP contribution in [0.25, 0.3) is 11.4 Å². The van der Waals surface area contributed by atoms with Crippen LogP contribution in [0.2, 0.25) is 0 Å². The summed E-state index contributed by atoms with van der Waals surface area (Å²) in [6, 6.07) is 7.82. The van der Waals surface area contributed by atoms with Crippen molar-refractivity contribution in [3.05, 3.63) is 35.5 Å². The number of fused-ring (bicyclic) bond motifs is 1. The van der Waals surface area contributed by atoms with E-state index in [4.69, 9.17) is 19.4 Å². The van der Waals surface area contributed by atoms with Crippen molar-refractivity contribution in [1.82, 2.24) is 15.3 Å². The molecule has 2 fully saturated rings. The second-order valence-corrected chi connectivity index (χ2v) is 8.55. The highest BCUT2D eigenvalue weighted by atomic mass is 16.5. The first-order valence-electron chi connectivity index (χ1n) is 10.6. The van der Waals surface area contributed by atoms with Gasteiger partial charge in [0.15, 0.2) is 5.82 Å². The largest absolute Gasteiger partial charge is 0.378 e. The van der Waals surface area contributed by atoms with Crippen molar-refractivity contribution < 1.29 is 14.3 Å². The minimum absolute atomic E-state index is 0.160. The zero-order valence-electron chi connectivity index (χ0n) is 17.4. The van der Waals surface area contributed by atoms with Gasteiger partial charge < -0.3 is 25.0 Å². The molecule has 8 heteroatoms. The molecule has 0 atom stereocenters. The number of nitrogens with zero attached hydrogens (tertiary/aromatic N) is 3. The lowest BCUT2D eigenvalue weighted by molar-refractivity contribution is -0.0100. The quantitative estimate of drug-likeness (QED) is 0.807. The molecule has 0 unspecified atom stereocenters. The highest BCUT2D eigenvalue weighted by molar-refractivity contribution is 5.89. The van der Waals surface area contributed by atoms with Crippen LogP contribution in [0.4, 0.5) is 16.3 Å². The lowest BCUT2D eigenvalue weighted by atomic mass is 10.0. The Hall–Kier alpha value is -2.71. The van der Waals surface area contributed by atoms with Gasteiger partial charge in [0.25, 0.3) is 0 Å². The second-order valence-electron chi connectivity index (χ2n) is 8.55. The van der Waals surface area contributed by atoms with E-state index in [2.05, 4.69) is 15.5 Å². The van der Waals surface area contributed by atoms with Gasteiger partial charge in [0.1, 0.15) is 11.4 Å². The number of ether oxygens (including phenoxy) is 2. The predicted octanol–water partition coefficient (Wildman–Crippen LogP) is 3.03. The van der Waals surface area contributed by atoms with Crippen molar-refractivity contribution in [2.75, 3.05) is 36.5 Å². The number of morpholine rings is 1. The molecule has 8 nitrogen and oxygen atoms in total. The Morgan fingerprint density at radius 1 is 1.13 bits per heavy atom. The third-order valence-corrected chi connectivity index (χ3v) is 5.76. The van der Waals surface area contributed by atoms with Gasteiger partial charge >= 0.3 is 6.03 Å². The van der Waals surface area contributed by atoms with Crippen molar-refractivity contribution in [2.24, 2.45) is 0 Å². The van der Waals surface area contributed by atoms with Crippen molar-refractivity contribution >= 4 is 17.5 Å². The average Bonchev–Trinajstić information content (AvgIpc) is 3.51. The summed E-state index contributed by atoms with van der Waals surface area (Å²) in [5.41, 5.74) is 3.22. The standard InChI is InChI=1S/C22H27N5O3/c1-22(2)18-17(13-30-22)20(27-9-11-29-12-10-27)26-19(25-18)14-3-5-15(6-4-14)23-21(28)24-16-7-8-16/h3-6,16H,7-13H2,1-2H3,(H2,23,24,28). The smallest absolute Gasteiger partial charge is 0.319 e. The molecule has 1 aliphatic carbocycles. The lowest BCUT2D eigenvalue weighted by Crippen LogP contribution is -2.37. The maximum Gasteiger partial charge on any atom is 0.319 e. The first-order valence-corrected chi connectivity index (χ1v) is 10.6. The maximum atomic E-state index is 12.0. The van der Waals surface area contributed by atoms with E-state index in [1.807, 2.05) is 38.1 Å². The van der Waals surface area contributed by atoms with Gasteiger partial charge in [0.05, 0.1) is 25.5 Å². The molecule has 158 valence electrons. The number of benzene rings is 1. The molecule has 2 amide bonds. The number of urea groups is 1. The van der Waals surface area contributed by atoms with Gasteiger partial charge in [-0.05, 0) is 51.0 Å². The summed E-state index contributed by atoms with van der Waals surface area (Å²) in [5.74, 6) is 1.61. The molecule has 0 radical (unpaired) electrons. The fraction of sp³-hybridized carbons (Fsp3) is 0.500. The molecular formula is C22H27N5O3. The summed E-state index contributed by atoms with van der Waals surface area (Å²) in [6.07, 6.45) is 2.13. The Labute approximate surface area is 176 Å². The van der Waals surface area contributed by atoms with Crippen molar-refractivity contribution in [2.45, 2.75) is 44.9 Å². The third-order valence-electron chi connectivity index (χ3n) is 5.76. The van der Waals surface area contributed by atoms with Gasteiger partial charge in [-0.15, -0.1) is 0 Å². The van der Waals surface area contributed by atoms with E-state index in [1.165, 1.54) is 0 Å². The number of nitrogens with one attached hydrogen (secondary N) is 2. The van der Waals surface area contributed by atoms with Crippen LogP contribution in [0.1, 0.15) is 37.9 Å². The van der Waals surface area contributed by atoms with E-state index < -0.39 is 5.60 Å². The molecule has 2 N–H and O–H groups in total. The molecule has 2 aliphatic heterocycles. The Morgan fingerprint density at radius 2 is 1.87 bits per heavy atom. The van der Waals surface area contributed by atoms with Crippen molar-refractivity contribution in [3.63, 3.8) is 0 Å². The van der Waals surface area contributed by atoms with E-state index in [0.29, 0.717) is 31.7 Å². The van der Waals surface area contributed by atoms with Crippen molar-refractivity contribution in [1.29, 1.82) is 0 Å². The molecular weight excluding hydrogens is 382 g/mol. The van der Waals surface area contributed by atoms with Gasteiger partial charge in [-0.2, -0.15) is 0 Å². The normalized spacial score (nSPS) is 20.0.